The molecule has 0 radical (unpaired) electrons. The third kappa shape index (κ3) is 3.07. The Kier molecular flexibility index (Phi) is 4.94. The van der Waals surface area contributed by atoms with Gasteiger partial charge in [0.2, 0.25) is 0 Å². The summed E-state index contributed by atoms with van der Waals surface area (Å²) in [7, 11) is 0. The molecule has 1 aromatic rings. The van der Waals surface area contributed by atoms with Crippen LogP contribution in [0.5, 0.6) is 0 Å². The summed E-state index contributed by atoms with van der Waals surface area (Å²) in [5, 5.41) is 0. The lowest BCUT2D eigenvalue weighted by Gasteiger charge is -2.26. The van der Waals surface area contributed by atoms with Crippen LogP contribution in [0.2, 0.25) is 0 Å². The molecule has 0 bridgehead atoms. The highest BCUT2D eigenvalue weighted by Gasteiger charge is 2.23. The van der Waals surface area contributed by atoms with Crippen LogP contribution < -0.4 is 5.69 Å². The Morgan fingerprint density at radius 2 is 1.37 bits per heavy atom. The standard InChI is InChI=1S/C16H28N2O/c1-9(2)13-14(10(3)4)17-16(19)18(12(7)8)15(13)11(5)6/h9-12H,1-8H3. The van der Waals surface area contributed by atoms with Gasteiger partial charge in [-0.15, -0.1) is 0 Å². The Balaban J connectivity index is 3.82. The Bertz CT molecular complexity index is 496. The van der Waals surface area contributed by atoms with E-state index >= 15 is 0 Å². The van der Waals surface area contributed by atoms with Gasteiger partial charge in [0.1, 0.15) is 0 Å². The molecule has 0 amide bonds. The van der Waals surface area contributed by atoms with Crippen molar-refractivity contribution in [2.45, 2.75) is 79.2 Å². The molecule has 0 unspecified atom stereocenters. The molecule has 0 aliphatic rings. The van der Waals surface area contributed by atoms with E-state index in [1.54, 1.807) is 0 Å². The first-order valence-electron chi connectivity index (χ1n) is 7.34. The van der Waals surface area contributed by atoms with Crippen molar-refractivity contribution in [1.29, 1.82) is 0 Å². The minimum absolute atomic E-state index is 0.105. The average molecular weight is 264 g/mol. The lowest BCUT2D eigenvalue weighted by atomic mass is 9.89. The van der Waals surface area contributed by atoms with E-state index in [0.717, 1.165) is 11.4 Å². The third-order valence-electron chi connectivity index (χ3n) is 3.42. The summed E-state index contributed by atoms with van der Waals surface area (Å²) >= 11 is 0. The van der Waals surface area contributed by atoms with Crippen molar-refractivity contribution < 1.29 is 0 Å². The molecule has 108 valence electrons. The molecule has 0 fully saturated rings. The van der Waals surface area contributed by atoms with Gasteiger partial charge in [-0.05, 0) is 37.2 Å². The van der Waals surface area contributed by atoms with E-state index in [2.05, 4.69) is 46.5 Å². The van der Waals surface area contributed by atoms with Crippen molar-refractivity contribution in [3.05, 3.63) is 27.4 Å². The monoisotopic (exact) mass is 264 g/mol. The lowest BCUT2D eigenvalue weighted by Crippen LogP contribution is -2.32. The van der Waals surface area contributed by atoms with E-state index in [0.29, 0.717) is 11.8 Å². The van der Waals surface area contributed by atoms with Crippen molar-refractivity contribution in [2.75, 3.05) is 0 Å². The van der Waals surface area contributed by atoms with E-state index in [-0.39, 0.29) is 17.6 Å². The van der Waals surface area contributed by atoms with E-state index in [1.807, 2.05) is 18.4 Å². The van der Waals surface area contributed by atoms with Gasteiger partial charge >= 0.3 is 5.69 Å². The summed E-state index contributed by atoms with van der Waals surface area (Å²) in [4.78, 5) is 16.7. The fourth-order valence-corrected chi connectivity index (χ4v) is 2.70. The molecule has 1 rings (SSSR count). The van der Waals surface area contributed by atoms with Crippen molar-refractivity contribution in [3.8, 4) is 0 Å². The van der Waals surface area contributed by atoms with Crippen LogP contribution in [0.3, 0.4) is 0 Å². The smallest absolute Gasteiger partial charge is 0.293 e. The maximum atomic E-state index is 12.3. The molecule has 3 nitrogen and oxygen atoms in total. The zero-order chi connectivity index (χ0) is 14.9. The van der Waals surface area contributed by atoms with Gasteiger partial charge in [-0.1, -0.05) is 41.5 Å². The van der Waals surface area contributed by atoms with Gasteiger partial charge in [-0.25, -0.2) is 4.79 Å². The summed E-state index contributed by atoms with van der Waals surface area (Å²) in [6, 6.07) is 0.149. The van der Waals surface area contributed by atoms with Gasteiger partial charge in [-0.2, -0.15) is 4.98 Å². The lowest BCUT2D eigenvalue weighted by molar-refractivity contribution is 0.502. The van der Waals surface area contributed by atoms with Crippen LogP contribution in [0.4, 0.5) is 0 Å². The molecule has 0 spiro atoms. The second-order valence-electron chi connectivity index (χ2n) is 6.51. The molecule has 0 atom stereocenters. The molecule has 0 N–H and O–H groups in total. The molecule has 19 heavy (non-hydrogen) atoms. The summed E-state index contributed by atoms with van der Waals surface area (Å²) in [5.74, 6) is 0.991. The van der Waals surface area contributed by atoms with Crippen LogP contribution in [0.15, 0.2) is 4.79 Å². The van der Waals surface area contributed by atoms with E-state index in [4.69, 9.17) is 0 Å². The average Bonchev–Trinajstić information content (AvgIpc) is 2.25. The maximum Gasteiger partial charge on any atom is 0.348 e. The number of hydrogen-bond acceptors (Lipinski definition) is 2. The Morgan fingerprint density at radius 3 is 1.68 bits per heavy atom. The summed E-state index contributed by atoms with van der Waals surface area (Å²) in [6.45, 7) is 17.0. The number of rotatable bonds is 4. The molecule has 3 heteroatoms. The summed E-state index contributed by atoms with van der Waals surface area (Å²) < 4.78 is 1.87. The topological polar surface area (TPSA) is 34.9 Å². The van der Waals surface area contributed by atoms with Crippen LogP contribution in [-0.2, 0) is 0 Å². The Labute approximate surface area is 117 Å². The largest absolute Gasteiger partial charge is 0.348 e. The quantitative estimate of drug-likeness (QED) is 0.817. The molecule has 0 aliphatic heterocycles. The highest BCUT2D eigenvalue weighted by molar-refractivity contribution is 5.33. The highest BCUT2D eigenvalue weighted by Crippen LogP contribution is 2.31. The van der Waals surface area contributed by atoms with Gasteiger partial charge in [-0.3, -0.25) is 4.57 Å². The van der Waals surface area contributed by atoms with E-state index in [1.165, 1.54) is 5.56 Å². The van der Waals surface area contributed by atoms with Crippen LogP contribution in [0, 0.1) is 0 Å². The molecule has 0 saturated carbocycles. The second kappa shape index (κ2) is 5.89. The predicted molar refractivity (Wildman–Crippen MR) is 81.1 cm³/mol. The molecule has 0 saturated heterocycles. The van der Waals surface area contributed by atoms with Gasteiger partial charge in [0.15, 0.2) is 0 Å². The SMILES string of the molecule is CC(C)c1nc(=O)n(C(C)C)c(C(C)C)c1C(C)C. The molecular formula is C16H28N2O. The van der Waals surface area contributed by atoms with Gasteiger partial charge in [0.25, 0.3) is 0 Å². The Morgan fingerprint density at radius 1 is 0.842 bits per heavy atom. The predicted octanol–water partition coefficient (Wildman–Crippen LogP) is 4.19. The third-order valence-corrected chi connectivity index (χ3v) is 3.42. The molecule has 0 aliphatic carbocycles. The maximum absolute atomic E-state index is 12.3. The molecule has 0 aromatic carbocycles. The van der Waals surface area contributed by atoms with E-state index < -0.39 is 0 Å². The number of nitrogens with zero attached hydrogens (tertiary/aromatic N) is 2. The molecular weight excluding hydrogens is 236 g/mol. The van der Waals surface area contributed by atoms with Crippen LogP contribution >= 0.6 is 0 Å². The second-order valence-corrected chi connectivity index (χ2v) is 6.51. The number of hydrogen-bond donors (Lipinski definition) is 0. The first-order chi connectivity index (χ1) is 8.68. The first-order valence-corrected chi connectivity index (χ1v) is 7.34. The number of aromatic nitrogens is 2. The van der Waals surface area contributed by atoms with Crippen LogP contribution in [0.1, 0.15) is 96.1 Å². The Hall–Kier alpha value is -1.12. The van der Waals surface area contributed by atoms with Gasteiger partial charge in [0, 0.05) is 11.7 Å². The van der Waals surface area contributed by atoms with E-state index in [9.17, 15) is 4.79 Å². The molecule has 1 aromatic heterocycles. The minimum atomic E-state index is -0.105. The molecule has 1 heterocycles. The summed E-state index contributed by atoms with van der Waals surface area (Å²) in [5.41, 5.74) is 3.29. The van der Waals surface area contributed by atoms with Crippen LogP contribution in [0.25, 0.3) is 0 Å². The van der Waals surface area contributed by atoms with Gasteiger partial charge < -0.3 is 0 Å². The van der Waals surface area contributed by atoms with Crippen molar-refractivity contribution in [3.63, 3.8) is 0 Å². The normalized spacial score (nSPS) is 12.2. The zero-order valence-electron chi connectivity index (χ0n) is 13.6. The summed E-state index contributed by atoms with van der Waals surface area (Å²) in [6.07, 6.45) is 0. The zero-order valence-corrected chi connectivity index (χ0v) is 13.6. The fourth-order valence-electron chi connectivity index (χ4n) is 2.70. The van der Waals surface area contributed by atoms with Crippen LogP contribution in [-0.4, -0.2) is 9.55 Å². The highest BCUT2D eigenvalue weighted by atomic mass is 16.1. The fraction of sp³-hybridized carbons (Fsp3) is 0.750. The first kappa shape index (κ1) is 15.9. The van der Waals surface area contributed by atoms with Gasteiger partial charge in [0.05, 0.1) is 5.69 Å². The minimum Gasteiger partial charge on any atom is -0.293 e. The van der Waals surface area contributed by atoms with Crippen molar-refractivity contribution in [1.82, 2.24) is 9.55 Å². The van der Waals surface area contributed by atoms with Crippen molar-refractivity contribution >= 4 is 0 Å². The van der Waals surface area contributed by atoms with Crippen molar-refractivity contribution in [2.24, 2.45) is 0 Å².